The second-order valence-electron chi connectivity index (χ2n) is 6.23. The summed E-state index contributed by atoms with van der Waals surface area (Å²) >= 11 is 0. The first-order valence-electron chi connectivity index (χ1n) is 8.34. The second-order valence-corrected chi connectivity index (χ2v) is 6.23. The monoisotopic (exact) mass is 363 g/mol. The van der Waals surface area contributed by atoms with Crippen LogP contribution in [0.4, 0.5) is 8.78 Å². The Hall–Kier alpha value is -2.68. The minimum absolute atomic E-state index is 0.121. The van der Waals surface area contributed by atoms with Gasteiger partial charge in [0.25, 0.3) is 0 Å². The Morgan fingerprint density at radius 1 is 1.27 bits per heavy atom. The van der Waals surface area contributed by atoms with Gasteiger partial charge in [0.1, 0.15) is 17.7 Å². The molecule has 4 nitrogen and oxygen atoms in total. The maximum atomic E-state index is 13.3. The number of hydrogen-bond donors (Lipinski definition) is 1. The van der Waals surface area contributed by atoms with Crippen LogP contribution in [0.1, 0.15) is 32.3 Å². The third-order valence-corrected chi connectivity index (χ3v) is 3.44. The number of halogens is 2. The summed E-state index contributed by atoms with van der Waals surface area (Å²) in [6.45, 7) is 3.89. The minimum atomic E-state index is -1.10. The van der Waals surface area contributed by atoms with E-state index in [1.165, 1.54) is 6.08 Å². The highest BCUT2D eigenvalue weighted by Gasteiger charge is 2.22. The van der Waals surface area contributed by atoms with E-state index in [0.717, 1.165) is 31.0 Å². The lowest BCUT2D eigenvalue weighted by Gasteiger charge is -2.16. The van der Waals surface area contributed by atoms with Crippen molar-refractivity contribution in [3.63, 3.8) is 0 Å². The molecule has 140 valence electrons. The number of carbonyl (C=O) groups excluding carboxylic acids is 2. The highest BCUT2D eigenvalue weighted by atomic mass is 19.1. The van der Waals surface area contributed by atoms with Gasteiger partial charge in [-0.15, -0.1) is 6.42 Å². The summed E-state index contributed by atoms with van der Waals surface area (Å²) in [7, 11) is 0. The number of esters is 1. The van der Waals surface area contributed by atoms with Crippen molar-refractivity contribution < 1.29 is 23.1 Å². The summed E-state index contributed by atoms with van der Waals surface area (Å²) in [6.07, 6.45) is 9.63. The van der Waals surface area contributed by atoms with Crippen LogP contribution in [0.2, 0.25) is 0 Å². The first-order chi connectivity index (χ1) is 12.3. The van der Waals surface area contributed by atoms with Crippen molar-refractivity contribution in [3.8, 4) is 12.3 Å². The summed E-state index contributed by atoms with van der Waals surface area (Å²) in [4.78, 5) is 24.1. The first-order valence-corrected chi connectivity index (χ1v) is 8.34. The molecule has 0 fully saturated rings. The van der Waals surface area contributed by atoms with Crippen LogP contribution in [0.15, 0.2) is 30.4 Å². The molecule has 1 aromatic carbocycles. The smallest absolute Gasteiger partial charge is 0.329 e. The summed E-state index contributed by atoms with van der Waals surface area (Å²) in [5, 5.41) is 2.49. The van der Waals surface area contributed by atoms with E-state index in [4.69, 9.17) is 11.2 Å². The summed E-state index contributed by atoms with van der Waals surface area (Å²) in [5.41, 5.74) is 0.217. The second kappa shape index (κ2) is 11.0. The van der Waals surface area contributed by atoms with Gasteiger partial charge in [0.05, 0.1) is 0 Å². The van der Waals surface area contributed by atoms with Gasteiger partial charge >= 0.3 is 5.97 Å². The molecule has 1 rings (SSSR count). The zero-order valence-electron chi connectivity index (χ0n) is 14.9. The number of terminal acetylenes is 1. The van der Waals surface area contributed by atoms with Crippen LogP contribution in [0, 0.1) is 29.9 Å². The lowest BCUT2D eigenvalue weighted by atomic mass is 10.1. The fraction of sp³-hybridized carbons (Fsp3) is 0.400. The number of allylic oxidation sites excluding steroid dienone is 1. The highest BCUT2D eigenvalue weighted by Crippen LogP contribution is 2.11. The van der Waals surface area contributed by atoms with Gasteiger partial charge in [0.2, 0.25) is 5.91 Å². The molecule has 0 aliphatic heterocycles. The Kier molecular flexibility index (Phi) is 9.07. The van der Waals surface area contributed by atoms with E-state index in [-0.39, 0.29) is 18.6 Å². The molecular formula is C20H23F2NO3. The average Bonchev–Trinajstić information content (AvgIpc) is 2.55. The third kappa shape index (κ3) is 8.43. The Bertz CT molecular complexity index is 673. The Morgan fingerprint density at radius 2 is 1.92 bits per heavy atom. The number of hydrogen-bond acceptors (Lipinski definition) is 3. The SMILES string of the molecule is C#CCOC(=O)[C@H](Cc1cc(F)cc(F)c1)NC(=O)/C=C/CCC(C)C. The maximum absolute atomic E-state index is 13.3. The van der Waals surface area contributed by atoms with Crippen molar-refractivity contribution in [1.82, 2.24) is 5.32 Å². The van der Waals surface area contributed by atoms with Gasteiger partial charge in [-0.25, -0.2) is 13.6 Å². The zero-order valence-corrected chi connectivity index (χ0v) is 14.9. The van der Waals surface area contributed by atoms with Crippen LogP contribution in [0.25, 0.3) is 0 Å². The topological polar surface area (TPSA) is 55.4 Å². The van der Waals surface area contributed by atoms with Gasteiger partial charge in [-0.2, -0.15) is 0 Å². The highest BCUT2D eigenvalue weighted by molar-refractivity contribution is 5.91. The van der Waals surface area contributed by atoms with Crippen LogP contribution in [-0.4, -0.2) is 24.5 Å². The zero-order chi connectivity index (χ0) is 19.5. The summed E-state index contributed by atoms with van der Waals surface area (Å²) in [5.74, 6) is -0.132. The molecule has 0 aliphatic rings. The molecule has 0 saturated heterocycles. The van der Waals surface area contributed by atoms with Gasteiger partial charge in [-0.1, -0.05) is 25.8 Å². The fourth-order valence-corrected chi connectivity index (χ4v) is 2.21. The maximum Gasteiger partial charge on any atom is 0.329 e. The van der Waals surface area contributed by atoms with Crippen LogP contribution in [0.5, 0.6) is 0 Å². The fourth-order valence-electron chi connectivity index (χ4n) is 2.21. The van der Waals surface area contributed by atoms with Crippen molar-refractivity contribution in [2.45, 2.75) is 39.2 Å². The molecule has 1 N–H and O–H groups in total. The number of ether oxygens (including phenoxy) is 1. The molecule has 0 unspecified atom stereocenters. The quantitative estimate of drug-likeness (QED) is 0.417. The molecule has 1 amide bonds. The number of rotatable bonds is 9. The van der Waals surface area contributed by atoms with Gasteiger partial charge in [0.15, 0.2) is 6.61 Å². The largest absolute Gasteiger partial charge is 0.451 e. The molecule has 0 bridgehead atoms. The lowest BCUT2D eigenvalue weighted by Crippen LogP contribution is -2.42. The first kappa shape index (κ1) is 21.4. The molecule has 0 aromatic heterocycles. The molecule has 0 spiro atoms. The van der Waals surface area contributed by atoms with Crippen LogP contribution in [0.3, 0.4) is 0 Å². The molecule has 1 aromatic rings. The molecule has 0 saturated carbocycles. The van der Waals surface area contributed by atoms with E-state index < -0.39 is 29.6 Å². The van der Waals surface area contributed by atoms with E-state index in [1.807, 2.05) is 0 Å². The Balaban J connectivity index is 2.79. The van der Waals surface area contributed by atoms with E-state index in [2.05, 4.69) is 25.1 Å². The van der Waals surface area contributed by atoms with E-state index >= 15 is 0 Å². The molecule has 0 aliphatic carbocycles. The predicted octanol–water partition coefficient (Wildman–Crippen LogP) is 3.16. The number of nitrogens with one attached hydrogen (secondary N) is 1. The lowest BCUT2D eigenvalue weighted by molar-refractivity contribution is -0.146. The van der Waals surface area contributed by atoms with Crippen LogP contribution >= 0.6 is 0 Å². The molecule has 0 radical (unpaired) electrons. The molecule has 0 heterocycles. The van der Waals surface area contributed by atoms with Crippen molar-refractivity contribution in [1.29, 1.82) is 0 Å². The van der Waals surface area contributed by atoms with Crippen molar-refractivity contribution in [3.05, 3.63) is 47.5 Å². The van der Waals surface area contributed by atoms with Crippen molar-refractivity contribution in [2.75, 3.05) is 6.61 Å². The number of carbonyl (C=O) groups is 2. The Labute approximate surface area is 152 Å². The van der Waals surface area contributed by atoms with Crippen molar-refractivity contribution in [2.24, 2.45) is 5.92 Å². The summed E-state index contributed by atoms with van der Waals surface area (Å²) in [6, 6.07) is 1.81. The van der Waals surface area contributed by atoms with Crippen LogP contribution in [-0.2, 0) is 20.7 Å². The van der Waals surface area contributed by atoms with E-state index in [9.17, 15) is 18.4 Å². The molecule has 6 heteroatoms. The minimum Gasteiger partial charge on any atom is -0.451 e. The van der Waals surface area contributed by atoms with Gasteiger partial charge in [0, 0.05) is 12.5 Å². The number of amides is 1. The van der Waals surface area contributed by atoms with Gasteiger partial charge in [-0.3, -0.25) is 4.79 Å². The normalized spacial score (nSPS) is 12.0. The van der Waals surface area contributed by atoms with Gasteiger partial charge < -0.3 is 10.1 Å². The Morgan fingerprint density at radius 3 is 2.50 bits per heavy atom. The molecule has 26 heavy (non-hydrogen) atoms. The summed E-state index contributed by atoms with van der Waals surface area (Å²) < 4.78 is 31.5. The average molecular weight is 363 g/mol. The van der Waals surface area contributed by atoms with E-state index in [1.54, 1.807) is 6.08 Å². The van der Waals surface area contributed by atoms with E-state index in [0.29, 0.717) is 5.92 Å². The molecular weight excluding hydrogens is 340 g/mol. The number of benzene rings is 1. The standard InChI is InChI=1S/C20H23F2NO3/c1-4-9-26-20(25)18(12-15-10-16(21)13-17(22)11-15)23-19(24)8-6-5-7-14(2)3/h1,6,8,10-11,13-14,18H,5,7,9,12H2,2-3H3,(H,23,24)/b8-6+/t18-/m0/s1. The van der Waals surface area contributed by atoms with Crippen molar-refractivity contribution >= 4 is 11.9 Å². The van der Waals surface area contributed by atoms with Gasteiger partial charge in [-0.05, 0) is 42.5 Å². The van der Waals surface area contributed by atoms with Crippen LogP contribution < -0.4 is 5.32 Å². The third-order valence-electron chi connectivity index (χ3n) is 3.44. The predicted molar refractivity (Wildman–Crippen MR) is 95.0 cm³/mol. The molecule has 1 atom stereocenters.